The first kappa shape index (κ1) is 20.7. The van der Waals surface area contributed by atoms with Crippen molar-refractivity contribution in [3.05, 3.63) is 56.9 Å². The number of carbonyl (C=O) groups excluding carboxylic acids is 1. The summed E-state index contributed by atoms with van der Waals surface area (Å²) in [5.41, 5.74) is 2.42. The molecule has 7 nitrogen and oxygen atoms in total. The van der Waals surface area contributed by atoms with E-state index in [2.05, 4.69) is 9.97 Å². The molecule has 0 aliphatic heterocycles. The van der Waals surface area contributed by atoms with Crippen LogP contribution in [0, 0.1) is 24.0 Å². The number of halogens is 2. The van der Waals surface area contributed by atoms with Crippen LogP contribution in [0.15, 0.2) is 29.4 Å². The topological polar surface area (TPSA) is 95.2 Å². The Morgan fingerprint density at radius 2 is 1.81 bits per heavy atom. The lowest BCUT2D eigenvalue weighted by Gasteiger charge is -2.10. The van der Waals surface area contributed by atoms with Crippen LogP contribution in [0.1, 0.15) is 28.9 Å². The predicted molar refractivity (Wildman–Crippen MR) is 94.6 cm³/mol. The van der Waals surface area contributed by atoms with Gasteiger partial charge < -0.3 is 4.74 Å². The highest BCUT2D eigenvalue weighted by atomic mass is 32.2. The number of hydrogen-bond donors (Lipinski definition) is 0. The number of alkyl halides is 2. The lowest BCUT2D eigenvalue weighted by atomic mass is 10.1. The smallest absolute Gasteiger partial charge is 0.306 e. The molecule has 144 valence electrons. The molecule has 2 rings (SSSR count). The molecule has 0 amide bonds. The summed E-state index contributed by atoms with van der Waals surface area (Å²) in [6.07, 6.45) is 0.412. The zero-order valence-corrected chi connectivity index (χ0v) is 15.5. The number of carbonyl (C=O) groups is 1. The van der Waals surface area contributed by atoms with Gasteiger partial charge in [0.05, 0.1) is 4.92 Å². The van der Waals surface area contributed by atoms with Crippen LogP contribution in [0.5, 0.6) is 0 Å². The van der Waals surface area contributed by atoms with Gasteiger partial charge in [-0.25, -0.2) is 9.97 Å². The number of nitrogens with zero attached hydrogens (tertiary/aromatic N) is 3. The minimum Gasteiger partial charge on any atom is -0.461 e. The van der Waals surface area contributed by atoms with E-state index in [1.807, 2.05) is 0 Å². The first-order valence-electron chi connectivity index (χ1n) is 7.94. The van der Waals surface area contributed by atoms with Crippen molar-refractivity contribution in [2.75, 3.05) is 0 Å². The zero-order valence-electron chi connectivity index (χ0n) is 14.6. The molecule has 0 saturated carbocycles. The second kappa shape index (κ2) is 9.36. The molecule has 0 spiro atoms. The maximum absolute atomic E-state index is 12.4. The van der Waals surface area contributed by atoms with Crippen LogP contribution in [0.2, 0.25) is 0 Å². The molecule has 0 fully saturated rings. The maximum Gasteiger partial charge on any atom is 0.306 e. The number of thioether (sulfide) groups is 1. The van der Waals surface area contributed by atoms with Crippen LogP contribution in [0.4, 0.5) is 14.5 Å². The summed E-state index contributed by atoms with van der Waals surface area (Å²) in [7, 11) is 0. The van der Waals surface area contributed by atoms with Crippen molar-refractivity contribution in [3.63, 3.8) is 0 Å². The molecule has 10 heteroatoms. The Kier molecular flexibility index (Phi) is 7.17. The Bertz CT molecular complexity index is 808. The van der Waals surface area contributed by atoms with Gasteiger partial charge in [0.2, 0.25) is 0 Å². The molecule has 0 bridgehead atoms. The quantitative estimate of drug-likeness (QED) is 0.218. The van der Waals surface area contributed by atoms with Gasteiger partial charge in [-0.2, -0.15) is 8.78 Å². The highest BCUT2D eigenvalue weighted by molar-refractivity contribution is 7.99. The molecule has 1 aromatic heterocycles. The van der Waals surface area contributed by atoms with Gasteiger partial charge in [-0.05, 0) is 55.3 Å². The minimum atomic E-state index is -2.59. The molecule has 0 radical (unpaired) electrons. The molecule has 0 aliphatic rings. The van der Waals surface area contributed by atoms with Crippen molar-refractivity contribution in [1.82, 2.24) is 9.97 Å². The Balaban J connectivity index is 1.89. The monoisotopic (exact) mass is 397 g/mol. The Morgan fingerprint density at radius 3 is 2.33 bits per heavy atom. The van der Waals surface area contributed by atoms with E-state index in [1.165, 1.54) is 24.3 Å². The number of hydrogen-bond acceptors (Lipinski definition) is 7. The fourth-order valence-electron chi connectivity index (χ4n) is 2.38. The van der Waals surface area contributed by atoms with Gasteiger partial charge in [0.15, 0.2) is 5.16 Å². The van der Waals surface area contributed by atoms with E-state index in [9.17, 15) is 23.7 Å². The number of non-ortho nitro benzene ring substituents is 1. The fraction of sp³-hybridized carbons (Fsp3) is 0.353. The molecule has 1 heterocycles. The molecule has 0 aliphatic carbocycles. The standard InChI is InChI=1S/C17H17F2N3O4S/c1-10-14(11(2)21-17(20-10)27-16(18)19)7-8-15(23)26-9-12-3-5-13(6-4-12)22(24)25/h3-6,16H,7-9H2,1-2H3. The number of esters is 1. The second-order valence-corrected chi connectivity index (χ2v) is 6.58. The van der Waals surface area contributed by atoms with E-state index in [1.54, 1.807) is 13.8 Å². The third-order valence-corrected chi connectivity index (χ3v) is 4.29. The lowest BCUT2D eigenvalue weighted by molar-refractivity contribution is -0.384. The van der Waals surface area contributed by atoms with Gasteiger partial charge in [0.1, 0.15) is 6.61 Å². The van der Waals surface area contributed by atoms with Crippen LogP contribution in [0.25, 0.3) is 0 Å². The third kappa shape index (κ3) is 6.24. The Morgan fingerprint density at radius 1 is 1.22 bits per heavy atom. The number of rotatable bonds is 8. The fourth-order valence-corrected chi connectivity index (χ4v) is 2.92. The van der Waals surface area contributed by atoms with E-state index < -0.39 is 16.7 Å². The molecular formula is C17H17F2N3O4S. The summed E-state index contributed by atoms with van der Waals surface area (Å²) in [6, 6.07) is 5.72. The van der Waals surface area contributed by atoms with Gasteiger partial charge in [0.25, 0.3) is 11.4 Å². The molecule has 27 heavy (non-hydrogen) atoms. The Hall–Kier alpha value is -2.62. The number of aromatic nitrogens is 2. The first-order valence-corrected chi connectivity index (χ1v) is 8.82. The SMILES string of the molecule is Cc1nc(SC(F)F)nc(C)c1CCC(=O)OCc1ccc([N+](=O)[O-])cc1. The molecule has 1 aromatic carbocycles. The van der Waals surface area contributed by atoms with Crippen molar-refractivity contribution in [2.45, 2.75) is 44.2 Å². The summed E-state index contributed by atoms with van der Waals surface area (Å²) in [4.78, 5) is 30.1. The second-order valence-electron chi connectivity index (χ2n) is 5.62. The van der Waals surface area contributed by atoms with E-state index in [0.717, 1.165) is 5.56 Å². The number of nitro groups is 1. The van der Waals surface area contributed by atoms with Crippen LogP contribution < -0.4 is 0 Å². The van der Waals surface area contributed by atoms with Gasteiger partial charge in [-0.1, -0.05) is 0 Å². The van der Waals surface area contributed by atoms with Crippen LogP contribution in [-0.4, -0.2) is 26.6 Å². The maximum atomic E-state index is 12.4. The van der Waals surface area contributed by atoms with Crippen molar-refractivity contribution < 1.29 is 23.2 Å². The van der Waals surface area contributed by atoms with Gasteiger partial charge in [0, 0.05) is 29.9 Å². The van der Waals surface area contributed by atoms with E-state index in [-0.39, 0.29) is 35.6 Å². The lowest BCUT2D eigenvalue weighted by Crippen LogP contribution is -2.09. The average molecular weight is 397 g/mol. The summed E-state index contributed by atoms with van der Waals surface area (Å²) in [6.45, 7) is 3.37. The number of aryl methyl sites for hydroxylation is 2. The van der Waals surface area contributed by atoms with Crippen LogP contribution in [-0.2, 0) is 22.6 Å². The number of nitro benzene ring substituents is 1. The van der Waals surface area contributed by atoms with Crippen molar-refractivity contribution >= 4 is 23.4 Å². The first-order chi connectivity index (χ1) is 12.8. The molecule has 0 atom stereocenters. The molecule has 2 aromatic rings. The Labute approximate surface area is 158 Å². The number of ether oxygens (including phenoxy) is 1. The largest absolute Gasteiger partial charge is 0.461 e. The highest BCUT2D eigenvalue weighted by Crippen LogP contribution is 2.24. The van der Waals surface area contributed by atoms with Crippen LogP contribution >= 0.6 is 11.8 Å². The van der Waals surface area contributed by atoms with Gasteiger partial charge >= 0.3 is 5.97 Å². The normalized spacial score (nSPS) is 10.9. The third-order valence-electron chi connectivity index (χ3n) is 3.72. The summed E-state index contributed by atoms with van der Waals surface area (Å²) >= 11 is 0.279. The average Bonchev–Trinajstić information content (AvgIpc) is 2.59. The molecule has 0 N–H and O–H groups in total. The van der Waals surface area contributed by atoms with Crippen molar-refractivity contribution in [1.29, 1.82) is 0 Å². The summed E-state index contributed by atoms with van der Waals surface area (Å²) in [5.74, 6) is -3.04. The van der Waals surface area contributed by atoms with E-state index in [4.69, 9.17) is 4.74 Å². The molecular weight excluding hydrogens is 380 g/mol. The van der Waals surface area contributed by atoms with Crippen molar-refractivity contribution in [2.24, 2.45) is 0 Å². The van der Waals surface area contributed by atoms with Crippen LogP contribution in [0.3, 0.4) is 0 Å². The molecule has 0 unspecified atom stereocenters. The summed E-state index contributed by atoms with van der Waals surface area (Å²) < 4.78 is 30.0. The summed E-state index contributed by atoms with van der Waals surface area (Å²) in [5, 5.41) is 10.6. The van der Waals surface area contributed by atoms with E-state index in [0.29, 0.717) is 23.4 Å². The predicted octanol–water partition coefficient (Wildman–Crippen LogP) is 3.99. The minimum absolute atomic E-state index is 0.00416. The van der Waals surface area contributed by atoms with Gasteiger partial charge in [-0.15, -0.1) is 0 Å². The zero-order chi connectivity index (χ0) is 20.0. The van der Waals surface area contributed by atoms with Gasteiger partial charge in [-0.3, -0.25) is 14.9 Å². The number of benzene rings is 1. The highest BCUT2D eigenvalue weighted by Gasteiger charge is 2.14. The molecule has 0 saturated heterocycles. The van der Waals surface area contributed by atoms with Crippen molar-refractivity contribution in [3.8, 4) is 0 Å². The van der Waals surface area contributed by atoms with E-state index >= 15 is 0 Å².